The van der Waals surface area contributed by atoms with Crippen molar-refractivity contribution in [3.05, 3.63) is 54.1 Å². The zero-order chi connectivity index (χ0) is 21.3. The van der Waals surface area contributed by atoms with Crippen LogP contribution in [0.15, 0.2) is 53.4 Å². The fourth-order valence-corrected chi connectivity index (χ4v) is 3.22. The Morgan fingerprint density at radius 3 is 1.86 bits per heavy atom. The number of amides is 2. The van der Waals surface area contributed by atoms with Crippen LogP contribution in [-0.4, -0.2) is 40.0 Å². The Labute approximate surface area is 169 Å². The molecule has 2 rings (SSSR count). The molecule has 2 aromatic carbocycles. The second kappa shape index (κ2) is 10.4. The highest BCUT2D eigenvalue weighted by molar-refractivity contribution is 7.89. The van der Waals surface area contributed by atoms with Crippen LogP contribution in [0, 0.1) is 0 Å². The number of nitrogens with one attached hydrogen (secondary N) is 3. The molecule has 0 aliphatic carbocycles. The molecule has 3 N–H and O–H groups in total. The predicted molar refractivity (Wildman–Crippen MR) is 106 cm³/mol. The monoisotopic (exact) mass is 421 g/mol. The largest absolute Gasteiger partial charge is 0.494 e. The van der Waals surface area contributed by atoms with Crippen molar-refractivity contribution in [2.45, 2.75) is 18.7 Å². The fraction of sp³-hybridized carbons (Fsp3) is 0.263. The van der Waals surface area contributed by atoms with Gasteiger partial charge in [-0.25, -0.2) is 13.1 Å². The van der Waals surface area contributed by atoms with Gasteiger partial charge in [0, 0.05) is 5.56 Å². The molecular formula is C19H23N3O6S. The normalized spacial score (nSPS) is 10.8. The van der Waals surface area contributed by atoms with E-state index in [9.17, 15) is 18.0 Å². The molecule has 29 heavy (non-hydrogen) atoms. The number of hydrogen-bond donors (Lipinski definition) is 3. The van der Waals surface area contributed by atoms with E-state index in [1.807, 2.05) is 13.8 Å². The van der Waals surface area contributed by atoms with Gasteiger partial charge in [-0.1, -0.05) is 0 Å². The van der Waals surface area contributed by atoms with E-state index in [1.54, 1.807) is 24.3 Å². The van der Waals surface area contributed by atoms with Gasteiger partial charge >= 0.3 is 0 Å². The molecule has 0 atom stereocenters. The van der Waals surface area contributed by atoms with Crippen molar-refractivity contribution in [3.8, 4) is 11.5 Å². The van der Waals surface area contributed by atoms with E-state index in [2.05, 4.69) is 15.6 Å². The Morgan fingerprint density at radius 1 is 0.828 bits per heavy atom. The lowest BCUT2D eigenvalue weighted by Gasteiger charge is -2.10. The zero-order valence-electron chi connectivity index (χ0n) is 16.1. The molecule has 9 nitrogen and oxygen atoms in total. The summed E-state index contributed by atoms with van der Waals surface area (Å²) in [6, 6.07) is 12.1. The minimum absolute atomic E-state index is 0.00724. The summed E-state index contributed by atoms with van der Waals surface area (Å²) in [5.41, 5.74) is 4.68. The number of carbonyl (C=O) groups excluding carboxylic acids is 2. The Hall–Kier alpha value is -3.11. The molecule has 2 amide bonds. The number of sulfonamides is 1. The number of benzene rings is 2. The molecule has 10 heteroatoms. The summed E-state index contributed by atoms with van der Waals surface area (Å²) in [4.78, 5) is 23.8. The molecule has 0 radical (unpaired) electrons. The highest BCUT2D eigenvalue weighted by Crippen LogP contribution is 2.15. The molecule has 2 aromatic rings. The highest BCUT2D eigenvalue weighted by Gasteiger charge is 2.16. The molecule has 0 saturated heterocycles. The van der Waals surface area contributed by atoms with Crippen LogP contribution in [0.25, 0.3) is 0 Å². The maximum absolute atomic E-state index is 12.2. The number of rotatable bonds is 9. The van der Waals surface area contributed by atoms with Crippen molar-refractivity contribution in [2.75, 3.05) is 19.8 Å². The summed E-state index contributed by atoms with van der Waals surface area (Å²) in [7, 11) is -3.88. The van der Waals surface area contributed by atoms with Gasteiger partial charge in [0.2, 0.25) is 10.0 Å². The van der Waals surface area contributed by atoms with Crippen LogP contribution in [0.1, 0.15) is 24.2 Å². The van der Waals surface area contributed by atoms with Crippen LogP contribution >= 0.6 is 0 Å². The highest BCUT2D eigenvalue weighted by atomic mass is 32.2. The molecule has 0 heterocycles. The first-order valence-corrected chi connectivity index (χ1v) is 10.4. The quantitative estimate of drug-likeness (QED) is 0.523. The summed E-state index contributed by atoms with van der Waals surface area (Å²) in [6.45, 7) is 4.10. The van der Waals surface area contributed by atoms with Crippen molar-refractivity contribution in [1.29, 1.82) is 0 Å². The Bertz CT molecular complexity index is 927. The molecule has 0 aromatic heterocycles. The predicted octanol–water partition coefficient (Wildman–Crippen LogP) is 1.22. The maximum Gasteiger partial charge on any atom is 0.269 e. The summed E-state index contributed by atoms with van der Waals surface area (Å²) in [5, 5.41) is 0. The van der Waals surface area contributed by atoms with Gasteiger partial charge < -0.3 is 9.47 Å². The van der Waals surface area contributed by atoms with Gasteiger partial charge in [-0.3, -0.25) is 20.4 Å². The molecule has 0 fully saturated rings. The third-order valence-corrected chi connectivity index (χ3v) is 5.03. The summed E-state index contributed by atoms with van der Waals surface area (Å²) in [5.74, 6) is -0.104. The molecule has 0 spiro atoms. The smallest absolute Gasteiger partial charge is 0.269 e. The maximum atomic E-state index is 12.2. The molecule has 0 saturated carbocycles. The summed E-state index contributed by atoms with van der Waals surface area (Å²) < 4.78 is 37.1. The van der Waals surface area contributed by atoms with Crippen LogP contribution in [0.4, 0.5) is 0 Å². The first-order valence-electron chi connectivity index (χ1n) is 8.90. The first-order chi connectivity index (χ1) is 13.9. The van der Waals surface area contributed by atoms with E-state index in [0.717, 1.165) is 0 Å². The van der Waals surface area contributed by atoms with Gasteiger partial charge in [0.05, 0.1) is 24.7 Å². The Kier molecular flexibility index (Phi) is 7.98. The standard InChI is InChI=1S/C19H23N3O6S/c1-3-27-15-7-5-14(6-8-15)19(24)22-21-18(23)13-20-29(25,26)17-11-9-16(10-12-17)28-4-2/h5-12,20H,3-4,13H2,1-2H3,(H,21,23)(H,22,24). The molecule has 156 valence electrons. The Morgan fingerprint density at radius 2 is 1.34 bits per heavy atom. The Balaban J connectivity index is 1.83. The van der Waals surface area contributed by atoms with E-state index in [0.29, 0.717) is 30.3 Å². The van der Waals surface area contributed by atoms with Crippen LogP contribution < -0.4 is 25.0 Å². The molecule has 0 unspecified atom stereocenters. The SMILES string of the molecule is CCOc1ccc(C(=O)NNC(=O)CNS(=O)(=O)c2ccc(OCC)cc2)cc1. The lowest BCUT2D eigenvalue weighted by atomic mass is 10.2. The third-order valence-electron chi connectivity index (χ3n) is 3.61. The van der Waals surface area contributed by atoms with Gasteiger partial charge in [0.1, 0.15) is 11.5 Å². The summed E-state index contributed by atoms with van der Waals surface area (Å²) >= 11 is 0. The van der Waals surface area contributed by atoms with Crippen molar-refractivity contribution < 1.29 is 27.5 Å². The number of hydrogen-bond acceptors (Lipinski definition) is 6. The molecule has 0 aliphatic rings. The average molecular weight is 421 g/mol. The van der Waals surface area contributed by atoms with E-state index in [1.165, 1.54) is 24.3 Å². The minimum atomic E-state index is -3.88. The van der Waals surface area contributed by atoms with E-state index >= 15 is 0 Å². The van der Waals surface area contributed by atoms with Gasteiger partial charge in [0.25, 0.3) is 11.8 Å². The minimum Gasteiger partial charge on any atom is -0.494 e. The van der Waals surface area contributed by atoms with Crippen LogP contribution in [0.5, 0.6) is 11.5 Å². The van der Waals surface area contributed by atoms with E-state index in [-0.39, 0.29) is 4.90 Å². The molecule has 0 aliphatic heterocycles. The van der Waals surface area contributed by atoms with Crippen molar-refractivity contribution in [1.82, 2.24) is 15.6 Å². The van der Waals surface area contributed by atoms with Gasteiger partial charge in [-0.15, -0.1) is 0 Å². The number of carbonyl (C=O) groups is 2. The van der Waals surface area contributed by atoms with Crippen LogP contribution in [0.3, 0.4) is 0 Å². The first kappa shape index (κ1) is 22.2. The van der Waals surface area contributed by atoms with Crippen molar-refractivity contribution in [2.24, 2.45) is 0 Å². The number of ether oxygens (including phenoxy) is 2. The van der Waals surface area contributed by atoms with Crippen molar-refractivity contribution >= 4 is 21.8 Å². The van der Waals surface area contributed by atoms with Gasteiger partial charge in [-0.2, -0.15) is 0 Å². The van der Waals surface area contributed by atoms with Crippen molar-refractivity contribution in [3.63, 3.8) is 0 Å². The molecular weight excluding hydrogens is 398 g/mol. The van der Waals surface area contributed by atoms with Gasteiger partial charge in [0.15, 0.2) is 0 Å². The summed E-state index contributed by atoms with van der Waals surface area (Å²) in [6.07, 6.45) is 0. The lowest BCUT2D eigenvalue weighted by molar-refractivity contribution is -0.120. The lowest BCUT2D eigenvalue weighted by Crippen LogP contribution is -2.46. The zero-order valence-corrected chi connectivity index (χ0v) is 16.9. The second-order valence-corrected chi connectivity index (χ2v) is 7.46. The topological polar surface area (TPSA) is 123 Å². The molecule has 0 bridgehead atoms. The van der Waals surface area contributed by atoms with Crippen LogP contribution in [-0.2, 0) is 14.8 Å². The van der Waals surface area contributed by atoms with Crippen LogP contribution in [0.2, 0.25) is 0 Å². The van der Waals surface area contributed by atoms with E-state index < -0.39 is 28.4 Å². The third kappa shape index (κ3) is 6.77. The number of hydrazine groups is 1. The average Bonchev–Trinajstić information content (AvgIpc) is 2.72. The second-order valence-electron chi connectivity index (χ2n) is 5.69. The van der Waals surface area contributed by atoms with Gasteiger partial charge in [-0.05, 0) is 62.4 Å². The van der Waals surface area contributed by atoms with E-state index in [4.69, 9.17) is 9.47 Å². The fourth-order valence-electron chi connectivity index (χ4n) is 2.24.